The van der Waals surface area contributed by atoms with Crippen LogP contribution in [-0.2, 0) is 25.4 Å². The number of aromatic nitrogens is 1. The van der Waals surface area contributed by atoms with Gasteiger partial charge >= 0.3 is 11.9 Å². The summed E-state index contributed by atoms with van der Waals surface area (Å²) in [5.74, 6) is 0.361. The first kappa shape index (κ1) is 33.6. The van der Waals surface area contributed by atoms with Gasteiger partial charge in [-0.05, 0) is 78.8 Å². The van der Waals surface area contributed by atoms with Crippen LogP contribution in [0.25, 0.3) is 22.6 Å². The molecule has 0 amide bonds. The molecule has 44 heavy (non-hydrogen) atoms. The molecule has 0 aliphatic heterocycles. The molecule has 0 aliphatic carbocycles. The molecule has 0 aliphatic rings. The van der Waals surface area contributed by atoms with Crippen LogP contribution in [0.3, 0.4) is 0 Å². The van der Waals surface area contributed by atoms with Crippen LogP contribution >= 0.6 is 34.8 Å². The van der Waals surface area contributed by atoms with Gasteiger partial charge < -0.3 is 23.4 Å². The zero-order valence-electron chi connectivity index (χ0n) is 24.8. The number of methoxy groups -OCH3 is 2. The molecule has 3 aromatic carbocycles. The maximum Gasteiger partial charge on any atom is 0.337 e. The lowest BCUT2D eigenvalue weighted by Crippen LogP contribution is -2.06. The minimum absolute atomic E-state index is 0.231. The SMILES string of the molecule is COC(=O)CCc1cc(Cl)c(OCCCOCCCC(C)c2ccc(-c3nc4ccc(C(=O)OC)cc4o3)cc2Cl)c(Cl)c1. The number of hydrogen-bond acceptors (Lipinski definition) is 8. The van der Waals surface area contributed by atoms with Gasteiger partial charge in [-0.1, -0.05) is 47.8 Å². The van der Waals surface area contributed by atoms with Crippen molar-refractivity contribution in [2.24, 2.45) is 0 Å². The summed E-state index contributed by atoms with van der Waals surface area (Å²) in [4.78, 5) is 27.7. The van der Waals surface area contributed by atoms with E-state index in [2.05, 4.69) is 16.6 Å². The Morgan fingerprint density at radius 2 is 1.64 bits per heavy atom. The van der Waals surface area contributed by atoms with Crippen LogP contribution in [0.2, 0.25) is 15.1 Å². The molecule has 0 saturated carbocycles. The van der Waals surface area contributed by atoms with E-state index in [0.717, 1.165) is 29.5 Å². The van der Waals surface area contributed by atoms with E-state index in [0.29, 0.717) is 76.0 Å². The Balaban J connectivity index is 1.18. The molecule has 234 valence electrons. The van der Waals surface area contributed by atoms with Gasteiger partial charge in [-0.2, -0.15) is 0 Å². The van der Waals surface area contributed by atoms with Crippen LogP contribution in [0.4, 0.5) is 0 Å². The summed E-state index contributed by atoms with van der Waals surface area (Å²) >= 11 is 19.3. The summed E-state index contributed by atoms with van der Waals surface area (Å²) in [6.07, 6.45) is 3.19. The normalized spacial score (nSPS) is 11.9. The first-order chi connectivity index (χ1) is 21.2. The third-order valence-electron chi connectivity index (χ3n) is 7.10. The second-order valence-corrected chi connectivity index (χ2v) is 11.5. The molecule has 0 saturated heterocycles. The smallest absolute Gasteiger partial charge is 0.337 e. The lowest BCUT2D eigenvalue weighted by molar-refractivity contribution is -0.140. The van der Waals surface area contributed by atoms with Crippen molar-refractivity contribution in [1.82, 2.24) is 4.98 Å². The highest BCUT2D eigenvalue weighted by Crippen LogP contribution is 2.35. The Hall–Kier alpha value is -3.30. The van der Waals surface area contributed by atoms with Crippen molar-refractivity contribution < 1.29 is 33.0 Å². The molecule has 0 radical (unpaired) electrons. The van der Waals surface area contributed by atoms with E-state index in [-0.39, 0.29) is 18.3 Å². The molecule has 0 bridgehead atoms. The summed E-state index contributed by atoms with van der Waals surface area (Å²) < 4.78 is 26.9. The van der Waals surface area contributed by atoms with Crippen molar-refractivity contribution in [3.05, 3.63) is 80.3 Å². The van der Waals surface area contributed by atoms with Crippen LogP contribution in [0.5, 0.6) is 5.75 Å². The van der Waals surface area contributed by atoms with Gasteiger partial charge in [0, 0.05) is 36.6 Å². The number of oxazole rings is 1. The average molecular weight is 663 g/mol. The van der Waals surface area contributed by atoms with E-state index < -0.39 is 5.97 Å². The highest BCUT2D eigenvalue weighted by molar-refractivity contribution is 6.37. The van der Waals surface area contributed by atoms with Crippen molar-refractivity contribution in [3.63, 3.8) is 0 Å². The van der Waals surface area contributed by atoms with Crippen molar-refractivity contribution in [2.45, 2.75) is 44.9 Å². The fourth-order valence-electron chi connectivity index (χ4n) is 4.68. The van der Waals surface area contributed by atoms with Gasteiger partial charge in [0.05, 0.1) is 36.4 Å². The number of halogens is 3. The minimum Gasteiger partial charge on any atom is -0.490 e. The van der Waals surface area contributed by atoms with Crippen molar-refractivity contribution >= 4 is 57.8 Å². The number of nitrogens with zero attached hydrogens (tertiary/aromatic N) is 1. The molecular formula is C33H34Cl3NO7. The third-order valence-corrected chi connectivity index (χ3v) is 7.99. The monoisotopic (exact) mass is 661 g/mol. The van der Waals surface area contributed by atoms with Gasteiger partial charge in [0.25, 0.3) is 0 Å². The highest BCUT2D eigenvalue weighted by Gasteiger charge is 2.16. The topological polar surface area (TPSA) is 97.1 Å². The lowest BCUT2D eigenvalue weighted by atomic mass is 9.95. The molecule has 4 rings (SSSR count). The van der Waals surface area contributed by atoms with E-state index in [9.17, 15) is 9.59 Å². The molecule has 1 unspecified atom stereocenters. The number of benzene rings is 3. The molecule has 0 fully saturated rings. The van der Waals surface area contributed by atoms with Gasteiger partial charge in [-0.15, -0.1) is 0 Å². The van der Waals surface area contributed by atoms with Gasteiger partial charge in [0.2, 0.25) is 5.89 Å². The summed E-state index contributed by atoms with van der Waals surface area (Å²) in [6.45, 7) is 3.71. The van der Waals surface area contributed by atoms with Gasteiger partial charge in [0.1, 0.15) is 5.52 Å². The fourth-order valence-corrected chi connectivity index (χ4v) is 5.69. The fraction of sp³-hybridized carbons (Fsp3) is 0.364. The molecule has 1 heterocycles. The van der Waals surface area contributed by atoms with Gasteiger partial charge in [-0.25, -0.2) is 9.78 Å². The molecule has 0 N–H and O–H groups in total. The summed E-state index contributed by atoms with van der Waals surface area (Å²) in [5, 5.41) is 1.45. The second kappa shape index (κ2) is 16.1. The van der Waals surface area contributed by atoms with Gasteiger partial charge in [0.15, 0.2) is 11.3 Å². The third kappa shape index (κ3) is 8.88. The van der Waals surface area contributed by atoms with Gasteiger partial charge in [-0.3, -0.25) is 4.79 Å². The largest absolute Gasteiger partial charge is 0.490 e. The zero-order valence-corrected chi connectivity index (χ0v) is 27.1. The van der Waals surface area contributed by atoms with Crippen molar-refractivity contribution in [2.75, 3.05) is 34.0 Å². The van der Waals surface area contributed by atoms with Crippen LogP contribution in [0, 0.1) is 0 Å². The Morgan fingerprint density at radius 1 is 0.886 bits per heavy atom. The quantitative estimate of drug-likeness (QED) is 0.0921. The van der Waals surface area contributed by atoms with Crippen LogP contribution < -0.4 is 4.74 Å². The Kier molecular flexibility index (Phi) is 12.3. The Bertz CT molecular complexity index is 1580. The molecule has 1 atom stereocenters. The first-order valence-electron chi connectivity index (χ1n) is 14.2. The molecule has 1 aromatic heterocycles. The predicted molar refractivity (Wildman–Crippen MR) is 171 cm³/mol. The number of ether oxygens (including phenoxy) is 4. The van der Waals surface area contributed by atoms with E-state index in [1.807, 2.05) is 18.2 Å². The lowest BCUT2D eigenvalue weighted by Gasteiger charge is -2.14. The molecule has 0 spiro atoms. The summed E-state index contributed by atoms with van der Waals surface area (Å²) in [7, 11) is 2.69. The molecule has 8 nitrogen and oxygen atoms in total. The maximum absolute atomic E-state index is 11.8. The van der Waals surface area contributed by atoms with Crippen molar-refractivity contribution in [3.8, 4) is 17.2 Å². The number of carbonyl (C=O) groups excluding carboxylic acids is 2. The molecule has 4 aromatic rings. The first-order valence-corrected chi connectivity index (χ1v) is 15.4. The van der Waals surface area contributed by atoms with Crippen LogP contribution in [-0.4, -0.2) is 51.0 Å². The maximum atomic E-state index is 11.8. The van der Waals surface area contributed by atoms with Crippen LogP contribution in [0.1, 0.15) is 60.0 Å². The number of fused-ring (bicyclic) bond motifs is 1. The summed E-state index contributed by atoms with van der Waals surface area (Å²) in [6, 6.07) is 14.3. The Morgan fingerprint density at radius 3 is 2.34 bits per heavy atom. The van der Waals surface area contributed by atoms with E-state index in [1.54, 1.807) is 30.3 Å². The number of aryl methyl sites for hydroxylation is 1. The Labute approximate surface area is 271 Å². The molecule has 11 heteroatoms. The van der Waals surface area contributed by atoms with E-state index in [1.165, 1.54) is 14.2 Å². The second-order valence-electron chi connectivity index (χ2n) is 10.3. The highest BCUT2D eigenvalue weighted by atomic mass is 35.5. The summed E-state index contributed by atoms with van der Waals surface area (Å²) in [5.41, 5.74) is 4.17. The van der Waals surface area contributed by atoms with Crippen LogP contribution in [0.15, 0.2) is 52.9 Å². The standard InChI is InChI=1S/C33H34Cl3NO7/c1-20(6-4-13-42-14-5-15-43-31-26(35)16-21(17-27(31)36)7-12-30(38)40-2)24-10-8-22(18-25(24)34)32-37-28-11-9-23(33(39)41-3)19-29(28)44-32/h8-11,16-20H,4-7,12-15H2,1-3H3. The zero-order chi connectivity index (χ0) is 31.6. The van der Waals surface area contributed by atoms with E-state index in [4.69, 9.17) is 53.4 Å². The predicted octanol–water partition coefficient (Wildman–Crippen LogP) is 8.72. The van der Waals surface area contributed by atoms with Crippen molar-refractivity contribution in [1.29, 1.82) is 0 Å². The number of esters is 2. The number of carbonyl (C=O) groups is 2. The number of rotatable bonds is 15. The van der Waals surface area contributed by atoms with E-state index >= 15 is 0 Å². The number of hydrogen-bond donors (Lipinski definition) is 0. The minimum atomic E-state index is -0.436. The average Bonchev–Trinajstić information content (AvgIpc) is 3.45. The molecular weight excluding hydrogens is 629 g/mol.